The van der Waals surface area contributed by atoms with Crippen molar-refractivity contribution in [2.45, 2.75) is 55.8 Å². The molecule has 2 saturated carbocycles. The lowest BCUT2D eigenvalue weighted by molar-refractivity contribution is -0.145. The van der Waals surface area contributed by atoms with Gasteiger partial charge in [0.1, 0.15) is 0 Å². The van der Waals surface area contributed by atoms with Gasteiger partial charge in [-0.15, -0.1) is 0 Å². The normalized spacial score (nSPS) is 29.0. The number of hydrogen-bond acceptors (Lipinski definition) is 5. The Balaban J connectivity index is 2.11. The summed E-state index contributed by atoms with van der Waals surface area (Å²) in [5, 5.41) is 9.67. The van der Waals surface area contributed by atoms with E-state index in [1.807, 2.05) is 0 Å². The molecule has 21 heavy (non-hydrogen) atoms. The fourth-order valence-corrected chi connectivity index (χ4v) is 5.64. The molecule has 2 aliphatic rings. The minimum atomic E-state index is -3.60. The Labute approximate surface area is 126 Å². The van der Waals surface area contributed by atoms with Crippen molar-refractivity contribution in [1.82, 2.24) is 4.31 Å². The molecule has 6 nitrogen and oxygen atoms in total. The van der Waals surface area contributed by atoms with Crippen LogP contribution in [-0.4, -0.2) is 55.4 Å². The fraction of sp³-hybridized carbons (Fsp3) is 0.929. The number of carbonyl (C=O) groups excluding carboxylic acids is 1. The topological polar surface area (TPSA) is 83.9 Å². The first kappa shape index (κ1) is 16.7. The number of esters is 1. The number of rotatable bonds is 5. The number of likely N-dealkylation sites (N-methyl/N-ethyl adjacent to an activating group) is 1. The molecule has 0 aromatic carbocycles. The Hall–Kier alpha value is -0.660. The van der Waals surface area contributed by atoms with Gasteiger partial charge in [0.15, 0.2) is 0 Å². The zero-order valence-corrected chi connectivity index (χ0v) is 13.6. The van der Waals surface area contributed by atoms with Crippen LogP contribution in [0.15, 0.2) is 0 Å². The van der Waals surface area contributed by atoms with Crippen molar-refractivity contribution in [3.8, 4) is 0 Å². The van der Waals surface area contributed by atoms with Crippen LogP contribution in [0.2, 0.25) is 0 Å². The highest BCUT2D eigenvalue weighted by molar-refractivity contribution is 7.89. The summed E-state index contributed by atoms with van der Waals surface area (Å²) in [7, 11) is -0.811. The summed E-state index contributed by atoms with van der Waals surface area (Å²) in [6.07, 6.45) is 4.87. The van der Waals surface area contributed by atoms with Crippen molar-refractivity contribution in [2.24, 2.45) is 5.92 Å². The van der Waals surface area contributed by atoms with Crippen LogP contribution in [0.5, 0.6) is 0 Å². The predicted molar refractivity (Wildman–Crippen MR) is 78.1 cm³/mol. The zero-order valence-electron chi connectivity index (χ0n) is 12.7. The van der Waals surface area contributed by atoms with E-state index in [-0.39, 0.29) is 6.54 Å². The lowest BCUT2D eigenvalue weighted by Gasteiger charge is -2.31. The molecule has 1 N–H and O–H groups in total. The van der Waals surface area contributed by atoms with Crippen LogP contribution in [0.1, 0.15) is 44.9 Å². The molecule has 2 rings (SSSR count). The van der Waals surface area contributed by atoms with E-state index in [1.165, 1.54) is 18.5 Å². The standard InChI is InChI=1S/C14H25NO5S/c1-15(10-14(17)8-3-4-9-14)21(18,19)12-7-5-6-11(12)13(16)20-2/h11-12,17H,3-10H2,1-2H3. The number of nitrogens with zero attached hydrogens (tertiary/aromatic N) is 1. The van der Waals surface area contributed by atoms with Crippen molar-refractivity contribution in [1.29, 1.82) is 0 Å². The molecule has 0 aliphatic heterocycles. The Morgan fingerprint density at radius 2 is 1.90 bits per heavy atom. The third kappa shape index (κ3) is 3.40. The van der Waals surface area contributed by atoms with Gasteiger partial charge >= 0.3 is 5.97 Å². The van der Waals surface area contributed by atoms with Gasteiger partial charge in [-0.2, -0.15) is 0 Å². The number of sulfonamides is 1. The van der Waals surface area contributed by atoms with E-state index in [0.29, 0.717) is 32.1 Å². The Morgan fingerprint density at radius 3 is 2.48 bits per heavy atom. The number of aliphatic hydroxyl groups is 1. The molecule has 0 aromatic rings. The quantitative estimate of drug-likeness (QED) is 0.761. The van der Waals surface area contributed by atoms with Crippen molar-refractivity contribution in [2.75, 3.05) is 20.7 Å². The highest BCUT2D eigenvalue weighted by Crippen LogP contribution is 2.35. The molecule has 0 spiro atoms. The van der Waals surface area contributed by atoms with Gasteiger partial charge in [-0.05, 0) is 25.7 Å². The van der Waals surface area contributed by atoms with E-state index >= 15 is 0 Å². The third-order valence-corrected chi connectivity index (χ3v) is 7.15. The highest BCUT2D eigenvalue weighted by Gasteiger charge is 2.45. The molecule has 0 aromatic heterocycles. The monoisotopic (exact) mass is 319 g/mol. The molecule has 2 aliphatic carbocycles. The Bertz CT molecular complexity index is 484. The van der Waals surface area contributed by atoms with Gasteiger partial charge in [-0.3, -0.25) is 4.79 Å². The molecule has 0 bridgehead atoms. The second-order valence-electron chi connectivity index (χ2n) is 6.33. The van der Waals surface area contributed by atoms with E-state index in [4.69, 9.17) is 4.74 Å². The molecule has 122 valence electrons. The Morgan fingerprint density at radius 1 is 1.29 bits per heavy atom. The van der Waals surface area contributed by atoms with Crippen LogP contribution in [0.4, 0.5) is 0 Å². The summed E-state index contributed by atoms with van der Waals surface area (Å²) in [6.45, 7) is 0.111. The van der Waals surface area contributed by atoms with Crippen LogP contribution < -0.4 is 0 Å². The number of ether oxygens (including phenoxy) is 1. The Kier molecular flexibility index (Phi) is 4.95. The first-order valence-electron chi connectivity index (χ1n) is 7.55. The van der Waals surface area contributed by atoms with E-state index in [2.05, 4.69) is 0 Å². The maximum absolute atomic E-state index is 12.7. The molecule has 7 heteroatoms. The van der Waals surface area contributed by atoms with Crippen molar-refractivity contribution >= 4 is 16.0 Å². The van der Waals surface area contributed by atoms with Crippen molar-refractivity contribution < 1.29 is 23.1 Å². The lowest BCUT2D eigenvalue weighted by atomic mass is 10.0. The average molecular weight is 319 g/mol. The average Bonchev–Trinajstić information content (AvgIpc) is 3.06. The van der Waals surface area contributed by atoms with Gasteiger partial charge in [0.25, 0.3) is 0 Å². The SMILES string of the molecule is COC(=O)C1CCCC1S(=O)(=O)N(C)CC1(O)CCCC1. The minimum absolute atomic E-state index is 0.111. The lowest BCUT2D eigenvalue weighted by Crippen LogP contribution is -2.47. The summed E-state index contributed by atoms with van der Waals surface area (Å²) in [5.74, 6) is -1.03. The van der Waals surface area contributed by atoms with Gasteiger partial charge in [0.2, 0.25) is 10.0 Å². The third-order valence-electron chi connectivity index (χ3n) is 4.82. The summed E-state index contributed by atoms with van der Waals surface area (Å²) < 4.78 is 31.4. The summed E-state index contributed by atoms with van der Waals surface area (Å²) in [4.78, 5) is 11.7. The van der Waals surface area contributed by atoms with Crippen molar-refractivity contribution in [3.05, 3.63) is 0 Å². The number of hydrogen-bond donors (Lipinski definition) is 1. The van der Waals surface area contributed by atoms with E-state index < -0.39 is 32.8 Å². The molecule has 2 unspecified atom stereocenters. The molecular formula is C14H25NO5S. The predicted octanol–water partition coefficient (Wildman–Crippen LogP) is 0.895. The van der Waals surface area contributed by atoms with Crippen molar-refractivity contribution in [3.63, 3.8) is 0 Å². The van der Waals surface area contributed by atoms with Crippen LogP contribution in [0.25, 0.3) is 0 Å². The minimum Gasteiger partial charge on any atom is -0.469 e. The van der Waals surface area contributed by atoms with E-state index in [1.54, 1.807) is 0 Å². The summed E-state index contributed by atoms with van der Waals surface area (Å²) in [6, 6.07) is 0. The molecule has 0 heterocycles. The van der Waals surface area contributed by atoms with E-state index in [0.717, 1.165) is 12.8 Å². The number of methoxy groups -OCH3 is 1. The van der Waals surface area contributed by atoms with Crippen LogP contribution >= 0.6 is 0 Å². The smallest absolute Gasteiger partial charge is 0.310 e. The van der Waals surface area contributed by atoms with Crippen LogP contribution in [0.3, 0.4) is 0 Å². The molecular weight excluding hydrogens is 294 g/mol. The molecule has 0 saturated heterocycles. The second kappa shape index (κ2) is 6.22. The van der Waals surface area contributed by atoms with Gasteiger partial charge in [0, 0.05) is 13.6 Å². The van der Waals surface area contributed by atoms with E-state index in [9.17, 15) is 18.3 Å². The highest BCUT2D eigenvalue weighted by atomic mass is 32.2. The first-order chi connectivity index (χ1) is 9.80. The maximum atomic E-state index is 12.7. The molecule has 0 amide bonds. The fourth-order valence-electron chi connectivity index (χ4n) is 3.63. The maximum Gasteiger partial charge on any atom is 0.310 e. The molecule has 0 radical (unpaired) electrons. The summed E-state index contributed by atoms with van der Waals surface area (Å²) in [5.41, 5.74) is -0.915. The second-order valence-corrected chi connectivity index (χ2v) is 8.59. The molecule has 2 atom stereocenters. The van der Waals surface area contributed by atoms with Gasteiger partial charge in [-0.25, -0.2) is 12.7 Å². The van der Waals surface area contributed by atoms with Crippen LogP contribution in [-0.2, 0) is 19.6 Å². The zero-order chi connectivity index (χ0) is 15.7. The first-order valence-corrected chi connectivity index (χ1v) is 9.06. The summed E-state index contributed by atoms with van der Waals surface area (Å²) >= 11 is 0. The number of carbonyl (C=O) groups is 1. The van der Waals surface area contributed by atoms with Gasteiger partial charge < -0.3 is 9.84 Å². The molecule has 2 fully saturated rings. The van der Waals surface area contributed by atoms with Gasteiger partial charge in [-0.1, -0.05) is 19.3 Å². The van der Waals surface area contributed by atoms with Gasteiger partial charge in [0.05, 0.1) is 23.9 Å². The largest absolute Gasteiger partial charge is 0.469 e. The van der Waals surface area contributed by atoms with Crippen LogP contribution in [0, 0.1) is 5.92 Å².